The Morgan fingerprint density at radius 2 is 2.56 bits per heavy atom. The molecule has 0 bridgehead atoms. The summed E-state index contributed by atoms with van der Waals surface area (Å²) in [7, 11) is 0. The minimum atomic E-state index is -0.704. The molecule has 6 heteroatoms. The van der Waals surface area contributed by atoms with Crippen molar-refractivity contribution in [1.29, 1.82) is 0 Å². The lowest BCUT2D eigenvalue weighted by atomic mass is 10.1. The van der Waals surface area contributed by atoms with Crippen LogP contribution in [0.2, 0.25) is 4.34 Å². The number of rotatable bonds is 4. The second kappa shape index (κ2) is 5.12. The quantitative estimate of drug-likeness (QED) is 0.901. The maximum Gasteiger partial charge on any atom is 0.303 e. The Kier molecular flexibility index (Phi) is 3.78. The van der Waals surface area contributed by atoms with E-state index in [-0.39, 0.29) is 12.3 Å². The van der Waals surface area contributed by atoms with E-state index in [2.05, 4.69) is 9.88 Å². The molecule has 1 saturated heterocycles. The van der Waals surface area contributed by atoms with E-state index in [1.807, 2.05) is 0 Å². The van der Waals surface area contributed by atoms with Gasteiger partial charge in [0.2, 0.25) is 0 Å². The molecule has 0 aromatic carbocycles. The van der Waals surface area contributed by atoms with Crippen molar-refractivity contribution in [2.45, 2.75) is 19.4 Å². The summed E-state index contributed by atoms with van der Waals surface area (Å²) in [5.74, 6) is -0.419. The first-order valence-corrected chi connectivity index (χ1v) is 6.37. The summed E-state index contributed by atoms with van der Waals surface area (Å²) in [4.78, 5) is 17.0. The highest BCUT2D eigenvalue weighted by Gasteiger charge is 2.24. The number of likely N-dealkylation sites (tertiary alicyclic amines) is 1. The van der Waals surface area contributed by atoms with Gasteiger partial charge in [-0.3, -0.25) is 9.69 Å². The van der Waals surface area contributed by atoms with Crippen molar-refractivity contribution in [2.24, 2.45) is 5.92 Å². The van der Waals surface area contributed by atoms with Gasteiger partial charge in [0.1, 0.15) is 9.34 Å². The number of carboxylic acid groups (broad SMARTS) is 1. The molecule has 0 aliphatic carbocycles. The highest BCUT2D eigenvalue weighted by atomic mass is 35.5. The van der Waals surface area contributed by atoms with Gasteiger partial charge < -0.3 is 5.11 Å². The van der Waals surface area contributed by atoms with Crippen molar-refractivity contribution in [1.82, 2.24) is 9.88 Å². The molecule has 1 aliphatic heterocycles. The van der Waals surface area contributed by atoms with E-state index in [0.717, 1.165) is 31.1 Å². The zero-order valence-electron chi connectivity index (χ0n) is 8.73. The van der Waals surface area contributed by atoms with Gasteiger partial charge in [0.15, 0.2) is 0 Å². The van der Waals surface area contributed by atoms with E-state index in [9.17, 15) is 4.79 Å². The first kappa shape index (κ1) is 11.8. The van der Waals surface area contributed by atoms with Crippen molar-refractivity contribution < 1.29 is 9.90 Å². The van der Waals surface area contributed by atoms with Gasteiger partial charge in [0.05, 0.1) is 12.7 Å². The molecule has 1 unspecified atom stereocenters. The first-order chi connectivity index (χ1) is 7.63. The average molecular weight is 261 g/mol. The topological polar surface area (TPSA) is 53.4 Å². The number of hydrogen-bond acceptors (Lipinski definition) is 4. The molecule has 1 aromatic rings. The van der Waals surface area contributed by atoms with Gasteiger partial charge >= 0.3 is 5.97 Å². The molecule has 1 aliphatic rings. The maximum absolute atomic E-state index is 10.6. The number of aliphatic carboxylic acids is 1. The minimum Gasteiger partial charge on any atom is -0.481 e. The van der Waals surface area contributed by atoms with Gasteiger partial charge in [0.25, 0.3) is 0 Å². The van der Waals surface area contributed by atoms with Crippen LogP contribution in [-0.2, 0) is 11.3 Å². The lowest BCUT2D eigenvalue weighted by molar-refractivity contribution is -0.138. The molecule has 1 N–H and O–H groups in total. The largest absolute Gasteiger partial charge is 0.481 e. The summed E-state index contributed by atoms with van der Waals surface area (Å²) in [6, 6.07) is 0. The highest BCUT2D eigenvalue weighted by molar-refractivity contribution is 7.15. The SMILES string of the molecule is O=C(O)CC1CCN(Cc2ncc(Cl)s2)C1. The molecular formula is C10H13ClN2O2S. The van der Waals surface area contributed by atoms with E-state index in [0.29, 0.717) is 4.34 Å². The number of carboxylic acids is 1. The van der Waals surface area contributed by atoms with Crippen LogP contribution in [0.25, 0.3) is 0 Å². The maximum atomic E-state index is 10.6. The van der Waals surface area contributed by atoms with Gasteiger partial charge in [-0.1, -0.05) is 11.6 Å². The Balaban J connectivity index is 1.82. The molecule has 0 amide bonds. The summed E-state index contributed by atoms with van der Waals surface area (Å²) in [6.45, 7) is 2.59. The second-order valence-electron chi connectivity index (χ2n) is 4.05. The standard InChI is InChI=1S/C10H13ClN2O2S/c11-8-4-12-9(16-8)6-13-2-1-7(5-13)3-10(14)15/h4,7H,1-3,5-6H2,(H,14,15). The molecule has 0 spiro atoms. The molecule has 1 aromatic heterocycles. The lowest BCUT2D eigenvalue weighted by Crippen LogP contribution is -2.20. The molecular weight excluding hydrogens is 248 g/mol. The van der Waals surface area contributed by atoms with Crippen LogP contribution in [-0.4, -0.2) is 34.0 Å². The number of thiazole rings is 1. The van der Waals surface area contributed by atoms with Crippen LogP contribution in [0.15, 0.2) is 6.20 Å². The summed E-state index contributed by atoms with van der Waals surface area (Å²) in [5, 5.41) is 9.71. The molecule has 2 heterocycles. The molecule has 16 heavy (non-hydrogen) atoms. The fourth-order valence-corrected chi connectivity index (χ4v) is 3.02. The van der Waals surface area contributed by atoms with Crippen LogP contribution < -0.4 is 0 Å². The van der Waals surface area contributed by atoms with Crippen LogP contribution in [0.5, 0.6) is 0 Å². The van der Waals surface area contributed by atoms with E-state index < -0.39 is 5.97 Å². The summed E-state index contributed by atoms with van der Waals surface area (Å²) in [5.41, 5.74) is 0. The molecule has 1 fully saturated rings. The number of carbonyl (C=O) groups is 1. The molecule has 0 saturated carbocycles. The third kappa shape index (κ3) is 3.17. The van der Waals surface area contributed by atoms with Crippen LogP contribution in [0, 0.1) is 5.92 Å². The predicted octanol–water partition coefficient (Wildman–Crippen LogP) is 2.09. The Morgan fingerprint density at radius 1 is 1.75 bits per heavy atom. The minimum absolute atomic E-state index is 0.273. The average Bonchev–Trinajstić information content (AvgIpc) is 2.76. The number of hydrogen-bond donors (Lipinski definition) is 1. The third-order valence-corrected chi connectivity index (χ3v) is 3.82. The van der Waals surface area contributed by atoms with Crippen molar-refractivity contribution in [2.75, 3.05) is 13.1 Å². The Labute approximate surface area is 103 Å². The smallest absolute Gasteiger partial charge is 0.303 e. The predicted molar refractivity (Wildman–Crippen MR) is 62.8 cm³/mol. The number of aromatic nitrogens is 1. The van der Waals surface area contributed by atoms with Crippen LogP contribution in [0.3, 0.4) is 0 Å². The monoisotopic (exact) mass is 260 g/mol. The summed E-state index contributed by atoms with van der Waals surface area (Å²) < 4.78 is 0.705. The van der Waals surface area contributed by atoms with Crippen molar-refractivity contribution in [3.8, 4) is 0 Å². The number of halogens is 1. The Hall–Kier alpha value is -0.650. The molecule has 88 valence electrons. The van der Waals surface area contributed by atoms with E-state index in [4.69, 9.17) is 16.7 Å². The molecule has 4 nitrogen and oxygen atoms in total. The lowest BCUT2D eigenvalue weighted by Gasteiger charge is -2.13. The van der Waals surface area contributed by atoms with E-state index >= 15 is 0 Å². The van der Waals surface area contributed by atoms with Crippen LogP contribution in [0.1, 0.15) is 17.8 Å². The van der Waals surface area contributed by atoms with Crippen LogP contribution in [0.4, 0.5) is 0 Å². The fourth-order valence-electron chi connectivity index (χ4n) is 2.02. The number of nitrogens with zero attached hydrogens (tertiary/aromatic N) is 2. The zero-order chi connectivity index (χ0) is 11.5. The fraction of sp³-hybridized carbons (Fsp3) is 0.600. The van der Waals surface area contributed by atoms with Crippen molar-refractivity contribution >= 4 is 28.9 Å². The van der Waals surface area contributed by atoms with E-state index in [1.54, 1.807) is 6.20 Å². The van der Waals surface area contributed by atoms with Gasteiger partial charge in [0, 0.05) is 13.0 Å². The van der Waals surface area contributed by atoms with Gasteiger partial charge in [-0.25, -0.2) is 4.98 Å². The highest BCUT2D eigenvalue weighted by Crippen LogP contribution is 2.24. The molecule has 2 rings (SSSR count). The van der Waals surface area contributed by atoms with E-state index in [1.165, 1.54) is 11.3 Å². The van der Waals surface area contributed by atoms with Gasteiger partial charge in [-0.05, 0) is 18.9 Å². The summed E-state index contributed by atoms with van der Waals surface area (Å²) in [6.07, 6.45) is 2.90. The third-order valence-electron chi connectivity index (χ3n) is 2.72. The second-order valence-corrected chi connectivity index (χ2v) is 5.79. The Morgan fingerprint density at radius 3 is 3.19 bits per heavy atom. The normalized spacial score (nSPS) is 21.4. The zero-order valence-corrected chi connectivity index (χ0v) is 10.3. The molecule has 1 atom stereocenters. The first-order valence-electron chi connectivity index (χ1n) is 5.18. The van der Waals surface area contributed by atoms with Gasteiger partial charge in [-0.2, -0.15) is 0 Å². The summed E-state index contributed by atoms with van der Waals surface area (Å²) >= 11 is 7.29. The van der Waals surface area contributed by atoms with Crippen LogP contribution >= 0.6 is 22.9 Å². The van der Waals surface area contributed by atoms with Crippen molar-refractivity contribution in [3.63, 3.8) is 0 Å². The van der Waals surface area contributed by atoms with Gasteiger partial charge in [-0.15, -0.1) is 11.3 Å². The van der Waals surface area contributed by atoms with Crippen molar-refractivity contribution in [3.05, 3.63) is 15.5 Å². The molecule has 0 radical (unpaired) electrons. The Bertz CT molecular complexity index is 383.